The molecule has 23 heavy (non-hydrogen) atoms. The van der Waals surface area contributed by atoms with Crippen molar-refractivity contribution < 1.29 is 4.79 Å². The van der Waals surface area contributed by atoms with Crippen molar-refractivity contribution in [3.8, 4) is 0 Å². The first-order chi connectivity index (χ1) is 11.2. The molecule has 0 saturated heterocycles. The minimum absolute atomic E-state index is 0.102. The standard InChI is InChI=1S/C19H19N3O/c1-14(10-11-15-6-3-2-4-7-15)22-13-12-21-19(23)16-8-5-9-17(20)18(16)22/h2-11H,1,12-13,20H2,(H,21,23)/b11-10+. The van der Waals surface area contributed by atoms with Gasteiger partial charge in [-0.1, -0.05) is 49.1 Å². The van der Waals surface area contributed by atoms with E-state index >= 15 is 0 Å². The number of allylic oxidation sites excluding steroid dienone is 1. The predicted octanol–water partition coefficient (Wildman–Crippen LogP) is 3.05. The van der Waals surface area contributed by atoms with E-state index in [9.17, 15) is 4.79 Å². The molecule has 1 aliphatic rings. The van der Waals surface area contributed by atoms with Crippen molar-refractivity contribution in [1.29, 1.82) is 0 Å². The van der Waals surface area contributed by atoms with Gasteiger partial charge in [-0.2, -0.15) is 0 Å². The van der Waals surface area contributed by atoms with Gasteiger partial charge in [0.25, 0.3) is 5.91 Å². The van der Waals surface area contributed by atoms with Crippen LogP contribution in [0.25, 0.3) is 6.08 Å². The molecule has 0 aliphatic carbocycles. The van der Waals surface area contributed by atoms with Gasteiger partial charge in [-0.25, -0.2) is 0 Å². The van der Waals surface area contributed by atoms with Crippen molar-refractivity contribution in [3.05, 3.63) is 78.0 Å². The number of carbonyl (C=O) groups is 1. The maximum absolute atomic E-state index is 12.2. The van der Waals surface area contributed by atoms with Gasteiger partial charge in [-0.3, -0.25) is 4.79 Å². The van der Waals surface area contributed by atoms with Gasteiger partial charge in [0.1, 0.15) is 0 Å². The summed E-state index contributed by atoms with van der Waals surface area (Å²) in [5.74, 6) is -0.102. The topological polar surface area (TPSA) is 58.4 Å². The van der Waals surface area contributed by atoms with Gasteiger partial charge in [-0.15, -0.1) is 0 Å². The van der Waals surface area contributed by atoms with Crippen LogP contribution in [0.1, 0.15) is 15.9 Å². The van der Waals surface area contributed by atoms with Crippen LogP contribution in [-0.2, 0) is 0 Å². The highest BCUT2D eigenvalue weighted by molar-refractivity contribution is 6.03. The number of hydrogen-bond acceptors (Lipinski definition) is 3. The Balaban J connectivity index is 1.93. The van der Waals surface area contributed by atoms with Crippen LogP contribution in [0.15, 0.2) is 66.9 Å². The van der Waals surface area contributed by atoms with Crippen LogP contribution < -0.4 is 16.0 Å². The molecule has 0 fully saturated rings. The number of nitrogen functional groups attached to an aromatic ring is 1. The van der Waals surface area contributed by atoms with E-state index in [-0.39, 0.29) is 5.91 Å². The van der Waals surface area contributed by atoms with Gasteiger partial charge >= 0.3 is 0 Å². The number of fused-ring (bicyclic) bond motifs is 1. The summed E-state index contributed by atoms with van der Waals surface area (Å²) >= 11 is 0. The number of nitrogens with zero attached hydrogens (tertiary/aromatic N) is 1. The SMILES string of the molecule is C=C(/C=C/c1ccccc1)N1CCNC(=O)c2cccc(N)c21. The zero-order valence-electron chi connectivity index (χ0n) is 12.8. The lowest BCUT2D eigenvalue weighted by Gasteiger charge is -2.25. The average molecular weight is 305 g/mol. The highest BCUT2D eigenvalue weighted by atomic mass is 16.1. The number of amides is 1. The number of benzene rings is 2. The van der Waals surface area contributed by atoms with E-state index in [0.717, 1.165) is 16.9 Å². The third kappa shape index (κ3) is 3.11. The zero-order valence-corrected chi connectivity index (χ0v) is 12.8. The van der Waals surface area contributed by atoms with Crippen LogP contribution in [0.3, 0.4) is 0 Å². The van der Waals surface area contributed by atoms with Gasteiger partial charge in [-0.05, 0) is 23.8 Å². The summed E-state index contributed by atoms with van der Waals surface area (Å²) in [7, 11) is 0. The number of hydrogen-bond donors (Lipinski definition) is 2. The lowest BCUT2D eigenvalue weighted by molar-refractivity contribution is 0.0958. The molecule has 3 rings (SSSR count). The molecule has 1 aliphatic heterocycles. The van der Waals surface area contributed by atoms with Crippen molar-refractivity contribution >= 4 is 23.4 Å². The Morgan fingerprint density at radius 3 is 2.74 bits per heavy atom. The molecule has 3 N–H and O–H groups in total. The van der Waals surface area contributed by atoms with E-state index in [1.165, 1.54) is 0 Å². The largest absolute Gasteiger partial charge is 0.397 e. The van der Waals surface area contributed by atoms with Gasteiger partial charge in [0.2, 0.25) is 0 Å². The minimum Gasteiger partial charge on any atom is -0.397 e. The summed E-state index contributed by atoms with van der Waals surface area (Å²) in [6, 6.07) is 15.4. The Morgan fingerprint density at radius 1 is 1.17 bits per heavy atom. The summed E-state index contributed by atoms with van der Waals surface area (Å²) in [4.78, 5) is 14.2. The van der Waals surface area contributed by atoms with Gasteiger partial charge in [0.05, 0.1) is 16.9 Å². The van der Waals surface area contributed by atoms with E-state index in [4.69, 9.17) is 5.73 Å². The fourth-order valence-corrected chi connectivity index (χ4v) is 2.67. The van der Waals surface area contributed by atoms with Crippen molar-refractivity contribution in [1.82, 2.24) is 5.32 Å². The van der Waals surface area contributed by atoms with E-state index in [2.05, 4.69) is 11.9 Å². The first-order valence-electron chi connectivity index (χ1n) is 7.53. The molecular weight excluding hydrogens is 286 g/mol. The van der Waals surface area contributed by atoms with Crippen LogP contribution in [0.2, 0.25) is 0 Å². The van der Waals surface area contributed by atoms with E-state index < -0.39 is 0 Å². The Hall–Kier alpha value is -3.01. The van der Waals surface area contributed by atoms with E-state index in [1.54, 1.807) is 18.2 Å². The molecule has 0 aromatic heterocycles. The molecule has 1 amide bonds. The average Bonchev–Trinajstić information content (AvgIpc) is 2.74. The highest BCUT2D eigenvalue weighted by Gasteiger charge is 2.23. The van der Waals surface area contributed by atoms with Crippen LogP contribution in [0, 0.1) is 0 Å². The van der Waals surface area contributed by atoms with Gasteiger partial charge < -0.3 is 16.0 Å². The summed E-state index contributed by atoms with van der Waals surface area (Å²) < 4.78 is 0. The summed E-state index contributed by atoms with van der Waals surface area (Å²) in [6.45, 7) is 5.32. The summed E-state index contributed by atoms with van der Waals surface area (Å²) in [5, 5.41) is 2.89. The predicted molar refractivity (Wildman–Crippen MR) is 95.1 cm³/mol. The zero-order chi connectivity index (χ0) is 16.2. The summed E-state index contributed by atoms with van der Waals surface area (Å²) in [6.07, 6.45) is 3.95. The van der Waals surface area contributed by atoms with Gasteiger partial charge in [0.15, 0.2) is 0 Å². The monoisotopic (exact) mass is 305 g/mol. The van der Waals surface area contributed by atoms with Crippen LogP contribution in [0.5, 0.6) is 0 Å². The van der Waals surface area contributed by atoms with Crippen molar-refractivity contribution in [2.45, 2.75) is 0 Å². The molecule has 0 unspecified atom stereocenters. The number of carbonyl (C=O) groups excluding carboxylic acids is 1. The van der Waals surface area contributed by atoms with Crippen LogP contribution in [-0.4, -0.2) is 19.0 Å². The van der Waals surface area contributed by atoms with Crippen molar-refractivity contribution in [3.63, 3.8) is 0 Å². The Morgan fingerprint density at radius 2 is 1.96 bits per heavy atom. The molecule has 2 aromatic carbocycles. The summed E-state index contributed by atoms with van der Waals surface area (Å²) in [5.41, 5.74) is 9.90. The normalized spacial score (nSPS) is 14.3. The molecule has 1 heterocycles. The highest BCUT2D eigenvalue weighted by Crippen LogP contribution is 2.31. The van der Waals surface area contributed by atoms with Gasteiger partial charge in [0, 0.05) is 18.8 Å². The molecular formula is C19H19N3O. The number of nitrogens with two attached hydrogens (primary N) is 1. The first kappa shape index (κ1) is 14.9. The number of nitrogens with one attached hydrogen (secondary N) is 1. The second kappa shape index (κ2) is 6.40. The minimum atomic E-state index is -0.102. The molecule has 0 saturated carbocycles. The molecule has 0 atom stereocenters. The molecule has 116 valence electrons. The molecule has 0 spiro atoms. The molecule has 4 nitrogen and oxygen atoms in total. The number of rotatable bonds is 3. The number of para-hydroxylation sites is 1. The molecule has 0 radical (unpaired) electrons. The molecule has 4 heteroatoms. The Kier molecular flexibility index (Phi) is 4.15. The fraction of sp³-hybridized carbons (Fsp3) is 0.105. The van der Waals surface area contributed by atoms with Crippen LogP contribution in [0.4, 0.5) is 11.4 Å². The second-order valence-electron chi connectivity index (χ2n) is 5.39. The fourth-order valence-electron chi connectivity index (χ4n) is 2.67. The second-order valence-corrected chi connectivity index (χ2v) is 5.39. The van der Waals surface area contributed by atoms with E-state index in [0.29, 0.717) is 24.3 Å². The van der Waals surface area contributed by atoms with Crippen LogP contribution >= 0.6 is 0 Å². The maximum Gasteiger partial charge on any atom is 0.253 e. The molecule has 0 bridgehead atoms. The molecule has 2 aromatic rings. The quantitative estimate of drug-likeness (QED) is 0.677. The van der Waals surface area contributed by atoms with E-state index in [1.807, 2.05) is 47.4 Å². The maximum atomic E-state index is 12.2. The third-order valence-corrected chi connectivity index (χ3v) is 3.82. The smallest absolute Gasteiger partial charge is 0.253 e. The Labute approximate surface area is 135 Å². The van der Waals surface area contributed by atoms with Crippen molar-refractivity contribution in [2.75, 3.05) is 23.7 Å². The third-order valence-electron chi connectivity index (χ3n) is 3.82. The number of anilines is 2. The lowest BCUT2D eigenvalue weighted by Crippen LogP contribution is -2.29. The first-order valence-corrected chi connectivity index (χ1v) is 7.53. The Bertz CT molecular complexity index is 765. The lowest BCUT2D eigenvalue weighted by atomic mass is 10.1. The van der Waals surface area contributed by atoms with Crippen molar-refractivity contribution in [2.24, 2.45) is 0 Å².